The van der Waals surface area contributed by atoms with Gasteiger partial charge in [0.25, 0.3) is 5.56 Å². The van der Waals surface area contributed by atoms with Crippen molar-refractivity contribution < 1.29 is 4.74 Å². The number of aryl methyl sites for hydroxylation is 1. The fourth-order valence-corrected chi connectivity index (χ4v) is 4.11. The number of hydrogen-bond donors (Lipinski definition) is 0. The van der Waals surface area contributed by atoms with E-state index in [2.05, 4.69) is 36.0 Å². The van der Waals surface area contributed by atoms with E-state index >= 15 is 0 Å². The molecule has 0 aliphatic rings. The molecule has 0 amide bonds. The minimum Gasteiger partial charge on any atom is -0.497 e. The van der Waals surface area contributed by atoms with Gasteiger partial charge in [0, 0.05) is 25.6 Å². The lowest BCUT2D eigenvalue weighted by atomic mass is 10.2. The molecule has 2 aromatic heterocycles. The average Bonchev–Trinajstić information content (AvgIpc) is 3.10. The first kappa shape index (κ1) is 20.5. The summed E-state index contributed by atoms with van der Waals surface area (Å²) in [6, 6.07) is 9.73. The number of fused-ring (bicyclic) bond motifs is 1. The number of aromatic nitrogens is 3. The zero-order valence-corrected chi connectivity index (χ0v) is 17.7. The summed E-state index contributed by atoms with van der Waals surface area (Å²) < 4.78 is 6.67. The van der Waals surface area contributed by atoms with Crippen LogP contribution in [0.4, 0.5) is 0 Å². The molecule has 7 heteroatoms. The van der Waals surface area contributed by atoms with Crippen molar-refractivity contribution >= 4 is 16.3 Å². The molecule has 0 unspecified atom stereocenters. The molecule has 0 aliphatic carbocycles. The number of hydrogen-bond acceptors (Lipinski definition) is 6. The van der Waals surface area contributed by atoms with Gasteiger partial charge in [-0.25, -0.2) is 4.98 Å². The third-order valence-electron chi connectivity index (χ3n) is 4.57. The van der Waals surface area contributed by atoms with Gasteiger partial charge in [-0.2, -0.15) is 9.61 Å². The summed E-state index contributed by atoms with van der Waals surface area (Å²) in [5.41, 5.74) is 1.92. The number of rotatable bonds is 10. The second-order valence-corrected chi connectivity index (χ2v) is 7.98. The number of benzene rings is 1. The van der Waals surface area contributed by atoms with Crippen LogP contribution in [0.3, 0.4) is 0 Å². The summed E-state index contributed by atoms with van der Waals surface area (Å²) >= 11 is 1.52. The smallest absolute Gasteiger partial charge is 0.275 e. The summed E-state index contributed by atoms with van der Waals surface area (Å²) in [6.07, 6.45) is 4.13. The molecular weight excluding hydrogens is 372 g/mol. The van der Waals surface area contributed by atoms with Crippen molar-refractivity contribution in [3.63, 3.8) is 0 Å². The molecule has 3 aromatic rings. The highest BCUT2D eigenvalue weighted by molar-refractivity contribution is 7.16. The van der Waals surface area contributed by atoms with Crippen molar-refractivity contribution in [3.8, 4) is 5.75 Å². The van der Waals surface area contributed by atoms with Crippen LogP contribution in [0, 0.1) is 0 Å². The summed E-state index contributed by atoms with van der Waals surface area (Å²) in [4.78, 5) is 20.2. The molecule has 150 valence electrons. The zero-order valence-electron chi connectivity index (χ0n) is 16.9. The minimum atomic E-state index is -0.0973. The quantitative estimate of drug-likeness (QED) is 0.516. The van der Waals surface area contributed by atoms with E-state index in [4.69, 9.17) is 9.72 Å². The van der Waals surface area contributed by atoms with Crippen molar-refractivity contribution in [2.45, 2.75) is 52.6 Å². The molecular formula is C21H28N4O2S. The van der Waals surface area contributed by atoms with Gasteiger partial charge in [-0.15, -0.1) is 0 Å². The largest absolute Gasteiger partial charge is 0.497 e. The summed E-state index contributed by atoms with van der Waals surface area (Å²) in [6.45, 7) is 6.71. The van der Waals surface area contributed by atoms with Crippen molar-refractivity contribution in [3.05, 3.63) is 57.0 Å². The SMILES string of the molecule is CCCCc1nn2c(=O)cc(CN(CCC)Cc3ccc(OC)cc3)nc2s1. The minimum absolute atomic E-state index is 0.0973. The molecule has 6 nitrogen and oxygen atoms in total. The number of nitrogens with zero attached hydrogens (tertiary/aromatic N) is 4. The summed E-state index contributed by atoms with van der Waals surface area (Å²) in [7, 11) is 1.67. The third kappa shape index (κ3) is 5.17. The molecule has 3 rings (SSSR count). The van der Waals surface area contributed by atoms with Gasteiger partial charge >= 0.3 is 0 Å². The molecule has 1 aromatic carbocycles. The lowest BCUT2D eigenvalue weighted by Gasteiger charge is -2.21. The van der Waals surface area contributed by atoms with Crippen molar-refractivity contribution in [1.82, 2.24) is 19.5 Å². The highest BCUT2D eigenvalue weighted by Gasteiger charge is 2.12. The number of unbranched alkanes of at least 4 members (excludes halogenated alkanes) is 1. The van der Waals surface area contributed by atoms with Gasteiger partial charge in [0.1, 0.15) is 10.8 Å². The van der Waals surface area contributed by atoms with Crippen molar-refractivity contribution in [1.29, 1.82) is 0 Å². The van der Waals surface area contributed by atoms with Crippen molar-refractivity contribution in [2.24, 2.45) is 0 Å². The maximum absolute atomic E-state index is 12.5. The summed E-state index contributed by atoms with van der Waals surface area (Å²) in [5, 5.41) is 5.40. The average molecular weight is 401 g/mol. The fourth-order valence-electron chi connectivity index (χ4n) is 3.15. The van der Waals surface area contributed by atoms with E-state index in [1.807, 2.05) is 12.1 Å². The van der Waals surface area contributed by atoms with Gasteiger partial charge in [-0.1, -0.05) is 43.7 Å². The van der Waals surface area contributed by atoms with Crippen LogP contribution in [0.2, 0.25) is 0 Å². The van der Waals surface area contributed by atoms with Crippen LogP contribution in [0.25, 0.3) is 4.96 Å². The van der Waals surface area contributed by atoms with Gasteiger partial charge in [0.15, 0.2) is 0 Å². The molecule has 0 saturated carbocycles. The van der Waals surface area contributed by atoms with Crippen LogP contribution >= 0.6 is 11.3 Å². The molecule has 0 spiro atoms. The van der Waals surface area contributed by atoms with Gasteiger partial charge in [-0.3, -0.25) is 9.69 Å². The molecule has 28 heavy (non-hydrogen) atoms. The molecule has 0 N–H and O–H groups in total. The van der Waals surface area contributed by atoms with Gasteiger partial charge in [0.05, 0.1) is 12.8 Å². The van der Waals surface area contributed by atoms with Crippen LogP contribution in [0.5, 0.6) is 5.75 Å². The maximum atomic E-state index is 12.5. The first-order valence-corrected chi connectivity index (χ1v) is 10.7. The predicted octanol–water partition coefficient (Wildman–Crippen LogP) is 3.91. The Morgan fingerprint density at radius 3 is 2.61 bits per heavy atom. The first-order chi connectivity index (χ1) is 13.6. The van der Waals surface area contributed by atoms with Gasteiger partial charge in [0.2, 0.25) is 4.96 Å². The highest BCUT2D eigenvalue weighted by Crippen LogP contribution is 2.17. The van der Waals surface area contributed by atoms with Gasteiger partial charge in [-0.05, 0) is 37.1 Å². The Bertz CT molecular complexity index is 949. The van der Waals surface area contributed by atoms with E-state index in [-0.39, 0.29) is 5.56 Å². The zero-order chi connectivity index (χ0) is 19.9. The van der Waals surface area contributed by atoms with Crippen LogP contribution < -0.4 is 10.3 Å². The standard InChI is InChI=1S/C21H28N4O2S/c1-4-6-7-19-23-25-20(26)13-17(22-21(25)28-19)15-24(12-5-2)14-16-8-10-18(27-3)11-9-16/h8-11,13H,4-7,12,14-15H2,1-3H3. The second kappa shape index (κ2) is 9.80. The topological polar surface area (TPSA) is 59.7 Å². The Morgan fingerprint density at radius 2 is 1.93 bits per heavy atom. The number of ether oxygens (including phenoxy) is 1. The van der Waals surface area contributed by atoms with Gasteiger partial charge < -0.3 is 4.74 Å². The molecule has 0 atom stereocenters. The maximum Gasteiger partial charge on any atom is 0.275 e. The molecule has 0 aliphatic heterocycles. The highest BCUT2D eigenvalue weighted by atomic mass is 32.1. The number of methoxy groups -OCH3 is 1. The van der Waals surface area contributed by atoms with E-state index in [1.54, 1.807) is 13.2 Å². The Balaban J connectivity index is 1.77. The van der Waals surface area contributed by atoms with Crippen molar-refractivity contribution in [2.75, 3.05) is 13.7 Å². The van der Waals surface area contributed by atoms with E-state index in [1.165, 1.54) is 21.4 Å². The first-order valence-electron chi connectivity index (χ1n) is 9.87. The molecule has 0 radical (unpaired) electrons. The Morgan fingerprint density at radius 1 is 1.14 bits per heavy atom. The lowest BCUT2D eigenvalue weighted by molar-refractivity contribution is 0.254. The second-order valence-electron chi connectivity index (χ2n) is 6.94. The third-order valence-corrected chi connectivity index (χ3v) is 5.54. The Kier molecular flexibility index (Phi) is 7.17. The lowest BCUT2D eigenvalue weighted by Crippen LogP contribution is -2.26. The monoisotopic (exact) mass is 400 g/mol. The van der Waals surface area contributed by atoms with E-state index in [0.717, 1.165) is 55.2 Å². The van der Waals surface area contributed by atoms with Crippen LogP contribution in [0.1, 0.15) is 49.4 Å². The van der Waals surface area contributed by atoms with E-state index in [9.17, 15) is 4.79 Å². The normalized spacial score (nSPS) is 11.4. The molecule has 0 fully saturated rings. The molecule has 0 bridgehead atoms. The van der Waals surface area contributed by atoms with Crippen LogP contribution in [-0.4, -0.2) is 33.2 Å². The fraction of sp³-hybridized carbons (Fsp3) is 0.476. The molecule has 2 heterocycles. The Labute approximate surface area is 169 Å². The van der Waals surface area contributed by atoms with E-state index in [0.29, 0.717) is 11.5 Å². The van der Waals surface area contributed by atoms with Crippen LogP contribution in [-0.2, 0) is 19.5 Å². The molecule has 0 saturated heterocycles. The summed E-state index contributed by atoms with van der Waals surface area (Å²) in [5.74, 6) is 0.856. The van der Waals surface area contributed by atoms with E-state index < -0.39 is 0 Å². The van der Waals surface area contributed by atoms with Crippen LogP contribution in [0.15, 0.2) is 35.1 Å². The predicted molar refractivity (Wildman–Crippen MR) is 113 cm³/mol. The Hall–Kier alpha value is -2.25.